The maximum absolute atomic E-state index is 11.9. The third kappa shape index (κ3) is 4.35. The molecule has 2 aromatic heterocycles. The second-order valence-electron chi connectivity index (χ2n) is 5.61. The van der Waals surface area contributed by atoms with Crippen molar-refractivity contribution in [1.29, 1.82) is 0 Å². The van der Waals surface area contributed by atoms with Crippen LogP contribution in [0.15, 0.2) is 59.7 Å². The number of rotatable bonds is 7. The number of hydrogen-bond acceptors (Lipinski definition) is 5. The van der Waals surface area contributed by atoms with Crippen molar-refractivity contribution in [2.75, 3.05) is 13.2 Å². The quantitative estimate of drug-likeness (QED) is 0.682. The normalized spacial score (nSPS) is 10.5. The van der Waals surface area contributed by atoms with Gasteiger partial charge in [-0.15, -0.1) is 5.10 Å². The average Bonchev–Trinajstić information content (AvgIpc) is 3.17. The zero-order chi connectivity index (χ0) is 18.4. The lowest BCUT2D eigenvalue weighted by atomic mass is 10.2. The number of para-hydroxylation sites is 1. The SMILES string of the molecule is Cc1ccccc1OCC(=O)NCCn1nc(-n2cccn2)ccc1=O. The van der Waals surface area contributed by atoms with Crippen LogP contribution in [0.2, 0.25) is 0 Å². The fourth-order valence-corrected chi connectivity index (χ4v) is 2.34. The highest BCUT2D eigenvalue weighted by molar-refractivity contribution is 5.77. The number of benzene rings is 1. The van der Waals surface area contributed by atoms with Crippen LogP contribution < -0.4 is 15.6 Å². The summed E-state index contributed by atoms with van der Waals surface area (Å²) in [5, 5.41) is 11.0. The predicted molar refractivity (Wildman–Crippen MR) is 95.3 cm³/mol. The van der Waals surface area contributed by atoms with E-state index in [0.29, 0.717) is 11.6 Å². The first kappa shape index (κ1) is 17.4. The van der Waals surface area contributed by atoms with E-state index in [0.717, 1.165) is 5.56 Å². The fraction of sp³-hybridized carbons (Fsp3) is 0.222. The van der Waals surface area contributed by atoms with Gasteiger partial charge in [0.15, 0.2) is 12.4 Å². The number of amides is 1. The summed E-state index contributed by atoms with van der Waals surface area (Å²) in [5.74, 6) is 0.945. The van der Waals surface area contributed by atoms with Crippen LogP contribution in [-0.4, -0.2) is 38.6 Å². The Bertz CT molecular complexity index is 934. The third-order valence-corrected chi connectivity index (χ3v) is 3.69. The number of carbonyl (C=O) groups excluding carboxylic acids is 1. The average molecular weight is 353 g/mol. The highest BCUT2D eigenvalue weighted by Crippen LogP contribution is 2.15. The van der Waals surface area contributed by atoms with Crippen LogP contribution in [0.1, 0.15) is 5.56 Å². The van der Waals surface area contributed by atoms with Crippen molar-refractivity contribution >= 4 is 5.91 Å². The predicted octanol–water partition coefficient (Wildman–Crippen LogP) is 0.933. The molecule has 0 bridgehead atoms. The van der Waals surface area contributed by atoms with E-state index in [2.05, 4.69) is 15.5 Å². The Morgan fingerprint density at radius 3 is 2.81 bits per heavy atom. The van der Waals surface area contributed by atoms with Gasteiger partial charge in [-0.1, -0.05) is 18.2 Å². The molecule has 2 heterocycles. The summed E-state index contributed by atoms with van der Waals surface area (Å²) in [6.07, 6.45) is 3.37. The van der Waals surface area contributed by atoms with Gasteiger partial charge in [-0.25, -0.2) is 9.36 Å². The topological polar surface area (TPSA) is 91.0 Å². The van der Waals surface area contributed by atoms with E-state index in [1.54, 1.807) is 29.2 Å². The number of nitrogens with one attached hydrogen (secondary N) is 1. The van der Waals surface area contributed by atoms with Gasteiger partial charge in [0.05, 0.1) is 6.54 Å². The molecule has 0 aliphatic carbocycles. The van der Waals surface area contributed by atoms with Gasteiger partial charge in [-0.2, -0.15) is 5.10 Å². The molecule has 134 valence electrons. The standard InChI is InChI=1S/C18H19N5O3/c1-14-5-2-3-6-15(14)26-13-17(24)19-10-12-23-18(25)8-7-16(21-23)22-11-4-9-20-22/h2-9,11H,10,12-13H2,1H3,(H,19,24). The van der Waals surface area contributed by atoms with Gasteiger partial charge < -0.3 is 10.1 Å². The number of aromatic nitrogens is 4. The Balaban J connectivity index is 1.51. The van der Waals surface area contributed by atoms with Crippen LogP contribution in [0, 0.1) is 6.92 Å². The van der Waals surface area contributed by atoms with Crippen LogP contribution in [0.4, 0.5) is 0 Å². The van der Waals surface area contributed by atoms with E-state index in [1.807, 2.05) is 31.2 Å². The van der Waals surface area contributed by atoms with Crippen molar-refractivity contribution in [3.63, 3.8) is 0 Å². The van der Waals surface area contributed by atoms with Crippen molar-refractivity contribution in [3.8, 4) is 11.6 Å². The molecule has 0 aliphatic heterocycles. The molecule has 3 rings (SSSR count). The number of ether oxygens (including phenoxy) is 1. The molecule has 0 saturated heterocycles. The second kappa shape index (κ2) is 8.11. The molecule has 0 aliphatic rings. The summed E-state index contributed by atoms with van der Waals surface area (Å²) in [5.41, 5.74) is 0.720. The minimum atomic E-state index is -0.260. The number of carbonyl (C=O) groups is 1. The van der Waals surface area contributed by atoms with Crippen LogP contribution in [0.25, 0.3) is 5.82 Å². The molecule has 26 heavy (non-hydrogen) atoms. The lowest BCUT2D eigenvalue weighted by molar-refractivity contribution is -0.123. The molecule has 0 radical (unpaired) electrons. The Morgan fingerprint density at radius 1 is 1.19 bits per heavy atom. The Morgan fingerprint density at radius 2 is 2.04 bits per heavy atom. The van der Waals surface area contributed by atoms with Crippen molar-refractivity contribution < 1.29 is 9.53 Å². The molecule has 8 nitrogen and oxygen atoms in total. The summed E-state index contributed by atoms with van der Waals surface area (Å²) >= 11 is 0. The van der Waals surface area contributed by atoms with Gasteiger partial charge in [0.25, 0.3) is 11.5 Å². The monoisotopic (exact) mass is 353 g/mol. The molecule has 0 atom stereocenters. The van der Waals surface area contributed by atoms with Gasteiger partial charge in [0, 0.05) is 25.0 Å². The third-order valence-electron chi connectivity index (χ3n) is 3.69. The largest absolute Gasteiger partial charge is 0.484 e. The zero-order valence-electron chi connectivity index (χ0n) is 14.3. The van der Waals surface area contributed by atoms with Crippen LogP contribution >= 0.6 is 0 Å². The molecule has 0 unspecified atom stereocenters. The van der Waals surface area contributed by atoms with E-state index in [-0.39, 0.29) is 31.2 Å². The lowest BCUT2D eigenvalue weighted by Crippen LogP contribution is -2.34. The molecule has 0 fully saturated rings. The smallest absolute Gasteiger partial charge is 0.266 e. The Hall–Kier alpha value is -3.42. The highest BCUT2D eigenvalue weighted by atomic mass is 16.5. The molecular weight excluding hydrogens is 334 g/mol. The van der Waals surface area contributed by atoms with Gasteiger partial charge in [0.2, 0.25) is 0 Å². The van der Waals surface area contributed by atoms with Crippen LogP contribution in [0.5, 0.6) is 5.75 Å². The van der Waals surface area contributed by atoms with Crippen molar-refractivity contribution in [3.05, 3.63) is 70.8 Å². The molecule has 1 amide bonds. The van der Waals surface area contributed by atoms with Gasteiger partial charge in [0.1, 0.15) is 5.75 Å². The van der Waals surface area contributed by atoms with Crippen LogP contribution in [0.3, 0.4) is 0 Å². The molecule has 8 heteroatoms. The van der Waals surface area contributed by atoms with Gasteiger partial charge >= 0.3 is 0 Å². The summed E-state index contributed by atoms with van der Waals surface area (Å²) in [6, 6.07) is 12.3. The summed E-state index contributed by atoms with van der Waals surface area (Å²) in [4.78, 5) is 23.8. The van der Waals surface area contributed by atoms with Gasteiger partial charge in [-0.3, -0.25) is 9.59 Å². The first-order valence-corrected chi connectivity index (χ1v) is 8.17. The number of hydrogen-bond donors (Lipinski definition) is 1. The van der Waals surface area contributed by atoms with E-state index >= 15 is 0 Å². The summed E-state index contributed by atoms with van der Waals surface area (Å²) < 4.78 is 8.34. The Labute approximate surface area is 150 Å². The van der Waals surface area contributed by atoms with E-state index in [1.165, 1.54) is 10.7 Å². The first-order valence-electron chi connectivity index (χ1n) is 8.17. The first-order chi connectivity index (χ1) is 12.6. The number of nitrogens with zero attached hydrogens (tertiary/aromatic N) is 4. The minimum Gasteiger partial charge on any atom is -0.484 e. The highest BCUT2D eigenvalue weighted by Gasteiger charge is 2.06. The summed E-state index contributed by atoms with van der Waals surface area (Å²) in [7, 11) is 0. The lowest BCUT2D eigenvalue weighted by Gasteiger charge is -2.10. The maximum Gasteiger partial charge on any atom is 0.266 e. The van der Waals surface area contributed by atoms with Gasteiger partial charge in [-0.05, 0) is 30.7 Å². The van der Waals surface area contributed by atoms with E-state index in [9.17, 15) is 9.59 Å². The molecule has 0 spiro atoms. The minimum absolute atomic E-state index is 0.0828. The molecular formula is C18H19N5O3. The molecule has 3 aromatic rings. The van der Waals surface area contributed by atoms with E-state index < -0.39 is 0 Å². The molecule has 1 N–H and O–H groups in total. The van der Waals surface area contributed by atoms with E-state index in [4.69, 9.17) is 4.74 Å². The Kier molecular flexibility index (Phi) is 5.43. The molecule has 0 saturated carbocycles. The fourth-order valence-electron chi connectivity index (χ4n) is 2.34. The number of aryl methyl sites for hydroxylation is 1. The summed E-state index contributed by atoms with van der Waals surface area (Å²) in [6.45, 7) is 2.36. The maximum atomic E-state index is 11.9. The second-order valence-corrected chi connectivity index (χ2v) is 5.61. The van der Waals surface area contributed by atoms with Crippen molar-refractivity contribution in [2.24, 2.45) is 0 Å². The zero-order valence-corrected chi connectivity index (χ0v) is 14.3. The van der Waals surface area contributed by atoms with Crippen molar-refractivity contribution in [2.45, 2.75) is 13.5 Å². The molecule has 1 aromatic carbocycles. The van der Waals surface area contributed by atoms with Crippen LogP contribution in [-0.2, 0) is 11.3 Å². The van der Waals surface area contributed by atoms with Crippen molar-refractivity contribution in [1.82, 2.24) is 24.9 Å².